The average molecular weight is 576 g/mol. The van der Waals surface area contributed by atoms with Gasteiger partial charge in [0.05, 0.1) is 29.4 Å². The Morgan fingerprint density at radius 2 is 1.84 bits per heavy atom. The van der Waals surface area contributed by atoms with E-state index < -0.39 is 21.4 Å². The second-order valence-corrected chi connectivity index (χ2v) is 11.5. The number of aromatic nitrogens is 1. The molecule has 4 aromatic rings. The number of β-lactam (4-membered cyclic amide) rings is 1. The lowest BCUT2D eigenvalue weighted by Gasteiger charge is -2.42. The van der Waals surface area contributed by atoms with Crippen LogP contribution in [0.15, 0.2) is 77.0 Å². The second-order valence-electron chi connectivity index (χ2n) is 8.11. The summed E-state index contributed by atoms with van der Waals surface area (Å²) in [6, 6.07) is 17.0. The summed E-state index contributed by atoms with van der Waals surface area (Å²) in [5.74, 6) is -0.0780. The quantitative estimate of drug-likeness (QED) is 0.217. The molecule has 190 valence electrons. The van der Waals surface area contributed by atoms with Crippen LogP contribution >= 0.6 is 34.5 Å². The third kappa shape index (κ3) is 4.73. The molecule has 1 fully saturated rings. The first-order valence-electron chi connectivity index (χ1n) is 10.9. The molecule has 8 nitrogen and oxygen atoms in total. The van der Waals surface area contributed by atoms with Gasteiger partial charge in [-0.15, -0.1) is 22.9 Å². The van der Waals surface area contributed by atoms with Crippen LogP contribution in [-0.4, -0.2) is 36.9 Å². The number of ether oxygens (including phenoxy) is 1. The lowest BCUT2D eigenvalue weighted by atomic mass is 9.93. The standard InChI is InChI=1S/C25H19Cl2N3O5S2/c1-35-21-11-6-14(12-20(21)31)23-22(27)24(32)30(23)25-28-19(13-36-25)17-4-2-3-5-18(17)29-37(33,34)16-9-7-15(26)8-10-16/h2-13,22-23,29,31H,1H3. The average Bonchev–Trinajstić information content (AvgIpc) is 3.36. The van der Waals surface area contributed by atoms with Gasteiger partial charge in [0, 0.05) is 16.0 Å². The molecule has 3 aromatic carbocycles. The minimum absolute atomic E-state index is 0.0649. The first kappa shape index (κ1) is 25.3. The lowest BCUT2D eigenvalue weighted by Crippen LogP contribution is -2.56. The molecule has 2 unspecified atom stereocenters. The van der Waals surface area contributed by atoms with E-state index in [4.69, 9.17) is 27.9 Å². The highest BCUT2D eigenvalue weighted by Gasteiger charge is 2.49. The fourth-order valence-corrected chi connectivity index (χ4v) is 6.42. The molecule has 1 aromatic heterocycles. The van der Waals surface area contributed by atoms with Crippen LogP contribution < -0.4 is 14.4 Å². The number of hydrogen-bond donors (Lipinski definition) is 2. The predicted molar refractivity (Wildman–Crippen MR) is 144 cm³/mol. The largest absolute Gasteiger partial charge is 0.504 e. The minimum Gasteiger partial charge on any atom is -0.504 e. The third-order valence-corrected chi connectivity index (χ3v) is 8.74. The minimum atomic E-state index is -3.88. The molecular formula is C25H19Cl2N3O5S2. The first-order chi connectivity index (χ1) is 17.7. The van der Waals surface area contributed by atoms with Crippen molar-refractivity contribution < 1.29 is 23.1 Å². The van der Waals surface area contributed by atoms with Crippen LogP contribution in [-0.2, 0) is 14.8 Å². The van der Waals surface area contributed by atoms with Crippen LogP contribution in [0.5, 0.6) is 11.5 Å². The van der Waals surface area contributed by atoms with Gasteiger partial charge in [-0.2, -0.15) is 0 Å². The van der Waals surface area contributed by atoms with E-state index in [2.05, 4.69) is 9.71 Å². The molecule has 0 radical (unpaired) electrons. The van der Waals surface area contributed by atoms with Gasteiger partial charge in [0.15, 0.2) is 16.6 Å². The van der Waals surface area contributed by atoms with Crippen molar-refractivity contribution in [3.05, 3.63) is 82.7 Å². The van der Waals surface area contributed by atoms with Gasteiger partial charge in [-0.1, -0.05) is 35.9 Å². The van der Waals surface area contributed by atoms with Gasteiger partial charge in [-0.05, 0) is 48.0 Å². The predicted octanol–water partition coefficient (Wildman–Crippen LogP) is 5.67. The molecule has 1 saturated heterocycles. The molecule has 37 heavy (non-hydrogen) atoms. The van der Waals surface area contributed by atoms with E-state index in [-0.39, 0.29) is 16.6 Å². The summed E-state index contributed by atoms with van der Waals surface area (Å²) in [5.41, 5.74) is 1.98. The number of alkyl halides is 1. The number of para-hydroxylation sites is 1. The number of halogens is 2. The molecule has 0 aliphatic carbocycles. The summed E-state index contributed by atoms with van der Waals surface area (Å²) >= 11 is 13.5. The molecule has 1 aliphatic heterocycles. The third-order valence-electron chi connectivity index (χ3n) is 5.84. The van der Waals surface area contributed by atoms with Crippen molar-refractivity contribution in [2.45, 2.75) is 16.3 Å². The fraction of sp³-hybridized carbons (Fsp3) is 0.120. The molecular weight excluding hydrogens is 557 g/mol. The maximum absolute atomic E-state index is 12.9. The topological polar surface area (TPSA) is 109 Å². The summed E-state index contributed by atoms with van der Waals surface area (Å²) in [4.78, 5) is 18.9. The maximum atomic E-state index is 12.9. The SMILES string of the molecule is COc1ccc(C2C(Cl)C(=O)N2c2nc(-c3ccccc3NS(=O)(=O)c3ccc(Cl)cc3)cs2)cc1O. The Bertz CT molecular complexity index is 1590. The maximum Gasteiger partial charge on any atom is 0.261 e. The number of benzene rings is 3. The Kier molecular flexibility index (Phi) is 6.76. The van der Waals surface area contributed by atoms with Crippen molar-refractivity contribution >= 4 is 61.3 Å². The number of amides is 1. The lowest BCUT2D eigenvalue weighted by molar-refractivity contribution is -0.123. The molecule has 1 amide bonds. The molecule has 5 rings (SSSR count). The number of aromatic hydroxyl groups is 1. The monoisotopic (exact) mass is 575 g/mol. The molecule has 12 heteroatoms. The van der Waals surface area contributed by atoms with Crippen LogP contribution in [0, 0.1) is 0 Å². The van der Waals surface area contributed by atoms with E-state index in [1.807, 2.05) is 0 Å². The molecule has 2 N–H and O–H groups in total. The highest BCUT2D eigenvalue weighted by Crippen LogP contribution is 2.46. The van der Waals surface area contributed by atoms with Crippen molar-refractivity contribution in [3.63, 3.8) is 0 Å². The molecule has 0 bridgehead atoms. The van der Waals surface area contributed by atoms with Crippen LogP contribution in [0.25, 0.3) is 11.3 Å². The smallest absolute Gasteiger partial charge is 0.261 e. The number of methoxy groups -OCH3 is 1. The van der Waals surface area contributed by atoms with Gasteiger partial charge in [-0.3, -0.25) is 14.4 Å². The number of sulfonamides is 1. The van der Waals surface area contributed by atoms with E-state index in [1.165, 1.54) is 53.7 Å². The number of nitrogens with zero attached hydrogens (tertiary/aromatic N) is 2. The summed E-state index contributed by atoms with van der Waals surface area (Å²) in [6.45, 7) is 0. The van der Waals surface area contributed by atoms with Crippen LogP contribution in [0.2, 0.25) is 5.02 Å². The van der Waals surface area contributed by atoms with Crippen molar-refractivity contribution in [2.24, 2.45) is 0 Å². The van der Waals surface area contributed by atoms with Crippen LogP contribution in [0.1, 0.15) is 11.6 Å². The number of carbonyl (C=O) groups excluding carboxylic acids is 1. The number of phenols is 1. The highest BCUT2D eigenvalue weighted by molar-refractivity contribution is 7.92. The number of nitrogens with one attached hydrogen (secondary N) is 1. The van der Waals surface area contributed by atoms with Gasteiger partial charge < -0.3 is 9.84 Å². The fourth-order valence-electron chi connectivity index (χ4n) is 3.99. The molecule has 2 heterocycles. The zero-order chi connectivity index (χ0) is 26.3. The van der Waals surface area contributed by atoms with Gasteiger partial charge >= 0.3 is 0 Å². The van der Waals surface area contributed by atoms with Crippen molar-refractivity contribution in [1.82, 2.24) is 4.98 Å². The molecule has 0 saturated carbocycles. The number of phenolic OH excluding ortho intramolecular Hbond substituents is 1. The van der Waals surface area contributed by atoms with Crippen LogP contribution in [0.3, 0.4) is 0 Å². The molecule has 2 atom stereocenters. The van der Waals surface area contributed by atoms with E-state index >= 15 is 0 Å². The Hall–Kier alpha value is -3.31. The second kappa shape index (κ2) is 9.86. The van der Waals surface area contributed by atoms with E-state index in [1.54, 1.807) is 41.8 Å². The number of carbonyl (C=O) groups is 1. The zero-order valence-corrected chi connectivity index (χ0v) is 22.3. The number of hydrogen-bond acceptors (Lipinski definition) is 7. The Morgan fingerprint density at radius 3 is 2.54 bits per heavy atom. The summed E-state index contributed by atoms with van der Waals surface area (Å²) in [5, 5.41) is 11.9. The molecule has 1 aliphatic rings. The normalized spacial score (nSPS) is 17.4. The number of anilines is 2. The van der Waals surface area contributed by atoms with E-state index in [9.17, 15) is 18.3 Å². The van der Waals surface area contributed by atoms with Gasteiger partial charge in [0.25, 0.3) is 10.0 Å². The van der Waals surface area contributed by atoms with Crippen LogP contribution in [0.4, 0.5) is 10.8 Å². The summed E-state index contributed by atoms with van der Waals surface area (Å²) in [6.07, 6.45) is 0. The number of thiazole rings is 1. The summed E-state index contributed by atoms with van der Waals surface area (Å²) in [7, 11) is -2.44. The van der Waals surface area contributed by atoms with Crippen molar-refractivity contribution in [1.29, 1.82) is 0 Å². The van der Waals surface area contributed by atoms with Gasteiger partial charge in [0.2, 0.25) is 5.91 Å². The van der Waals surface area contributed by atoms with Crippen molar-refractivity contribution in [3.8, 4) is 22.8 Å². The van der Waals surface area contributed by atoms with E-state index in [0.29, 0.717) is 38.4 Å². The van der Waals surface area contributed by atoms with E-state index in [0.717, 1.165) is 0 Å². The Labute approximate surface area is 227 Å². The Morgan fingerprint density at radius 1 is 1.11 bits per heavy atom. The van der Waals surface area contributed by atoms with Gasteiger partial charge in [0.1, 0.15) is 5.38 Å². The zero-order valence-electron chi connectivity index (χ0n) is 19.1. The van der Waals surface area contributed by atoms with Gasteiger partial charge in [-0.25, -0.2) is 13.4 Å². The van der Waals surface area contributed by atoms with Crippen molar-refractivity contribution in [2.75, 3.05) is 16.7 Å². The molecule has 0 spiro atoms. The number of rotatable bonds is 7. The Balaban J connectivity index is 1.45. The first-order valence-corrected chi connectivity index (χ1v) is 14.0. The summed E-state index contributed by atoms with van der Waals surface area (Å²) < 4.78 is 33.6. The highest BCUT2D eigenvalue weighted by atomic mass is 35.5.